The molecule has 2 N–H and O–H groups in total. The van der Waals surface area contributed by atoms with E-state index < -0.39 is 35.5 Å². The highest BCUT2D eigenvalue weighted by atomic mass is 19.1. The highest BCUT2D eigenvalue weighted by molar-refractivity contribution is 6.01. The number of fused-ring (bicyclic) bond motifs is 1. The molecule has 1 aromatic heterocycles. The predicted octanol–water partition coefficient (Wildman–Crippen LogP) is 3.52. The summed E-state index contributed by atoms with van der Waals surface area (Å²) in [6, 6.07) is 7.38. The van der Waals surface area contributed by atoms with Crippen LogP contribution >= 0.6 is 0 Å². The summed E-state index contributed by atoms with van der Waals surface area (Å²) in [6.07, 6.45) is 2.41. The Morgan fingerprint density at radius 2 is 2.17 bits per heavy atom. The largest absolute Gasteiger partial charge is 0.496 e. The summed E-state index contributed by atoms with van der Waals surface area (Å²) in [5.74, 6) is -0.983. The van der Waals surface area contributed by atoms with Crippen LogP contribution in [-0.4, -0.2) is 58.9 Å². The van der Waals surface area contributed by atoms with Gasteiger partial charge in [-0.1, -0.05) is 6.07 Å². The second-order valence-electron chi connectivity index (χ2n) is 10.1. The maximum Gasteiger partial charge on any atom is 0.270 e. The highest BCUT2D eigenvalue weighted by Crippen LogP contribution is 2.36. The maximum absolute atomic E-state index is 14.9. The molecule has 1 aliphatic carbocycles. The molecule has 8 nitrogen and oxygen atoms in total. The average Bonchev–Trinajstić information content (AvgIpc) is 3.55. The summed E-state index contributed by atoms with van der Waals surface area (Å²) >= 11 is 0. The van der Waals surface area contributed by atoms with E-state index in [0.29, 0.717) is 24.1 Å². The van der Waals surface area contributed by atoms with Gasteiger partial charge in [-0.15, -0.1) is 0 Å². The summed E-state index contributed by atoms with van der Waals surface area (Å²) in [6.45, 7) is 2.96. The lowest BCUT2D eigenvalue weighted by Crippen LogP contribution is -2.49. The lowest BCUT2D eigenvalue weighted by Gasteiger charge is -2.25. The van der Waals surface area contributed by atoms with E-state index in [1.165, 1.54) is 18.7 Å². The molecule has 9 heteroatoms. The number of alkyl halides is 1. The number of rotatable bonds is 7. The standard InChI is InChI=1S/C26H31FN4O4/c1-26(2,27)16-11-21(24(33)29-17(13-28)10-15-6-4-8-22(15)32)31(14-16)25(34)20-12-18-19(30-20)7-5-9-23(18)35-3/h5,7,9,12,15-17,21,30H,4,6,8,10-11,14H2,1-3H3,(H,29,33). The van der Waals surface area contributed by atoms with E-state index in [2.05, 4.69) is 16.4 Å². The van der Waals surface area contributed by atoms with Crippen molar-refractivity contribution in [2.75, 3.05) is 13.7 Å². The number of ketones is 1. The normalized spacial score (nSPS) is 23.3. The van der Waals surface area contributed by atoms with Crippen LogP contribution in [0, 0.1) is 23.2 Å². The predicted molar refractivity (Wildman–Crippen MR) is 127 cm³/mol. The third kappa shape index (κ3) is 5.02. The Labute approximate surface area is 203 Å². The van der Waals surface area contributed by atoms with Gasteiger partial charge in [0.1, 0.15) is 35.0 Å². The first-order chi connectivity index (χ1) is 16.6. The van der Waals surface area contributed by atoms with Crippen molar-refractivity contribution < 1.29 is 23.5 Å². The number of benzene rings is 1. The Kier molecular flexibility index (Phi) is 6.84. The molecule has 0 spiro atoms. The van der Waals surface area contributed by atoms with Crippen molar-refractivity contribution >= 4 is 28.5 Å². The lowest BCUT2D eigenvalue weighted by atomic mass is 9.90. The summed E-state index contributed by atoms with van der Waals surface area (Å²) in [5.41, 5.74) is -0.615. The first kappa shape index (κ1) is 24.7. The second kappa shape index (κ2) is 9.68. The first-order valence-electron chi connectivity index (χ1n) is 12.0. The van der Waals surface area contributed by atoms with Crippen molar-refractivity contribution in [1.82, 2.24) is 15.2 Å². The Hall–Kier alpha value is -3.41. The summed E-state index contributed by atoms with van der Waals surface area (Å²) in [5, 5.41) is 13.0. The van der Waals surface area contributed by atoms with E-state index in [1.54, 1.807) is 25.3 Å². The van der Waals surface area contributed by atoms with E-state index >= 15 is 0 Å². The van der Waals surface area contributed by atoms with Crippen LogP contribution < -0.4 is 10.1 Å². The Morgan fingerprint density at radius 3 is 2.80 bits per heavy atom. The smallest absolute Gasteiger partial charge is 0.270 e. The van der Waals surface area contributed by atoms with E-state index in [0.717, 1.165) is 11.8 Å². The molecule has 4 unspecified atom stereocenters. The van der Waals surface area contributed by atoms with Gasteiger partial charge >= 0.3 is 0 Å². The van der Waals surface area contributed by atoms with Crippen molar-refractivity contribution in [3.05, 3.63) is 30.0 Å². The first-order valence-corrected chi connectivity index (χ1v) is 12.0. The van der Waals surface area contributed by atoms with Gasteiger partial charge in [0.15, 0.2) is 0 Å². The van der Waals surface area contributed by atoms with Crippen LogP contribution in [0.4, 0.5) is 4.39 Å². The number of amides is 2. The van der Waals surface area contributed by atoms with Crippen LogP contribution in [0.3, 0.4) is 0 Å². The molecule has 2 aliphatic rings. The Bertz CT molecular complexity index is 1180. The number of halogens is 1. The number of aromatic amines is 1. The molecular weight excluding hydrogens is 451 g/mol. The van der Waals surface area contributed by atoms with E-state index in [4.69, 9.17) is 4.74 Å². The number of nitrogens with one attached hydrogen (secondary N) is 2. The SMILES string of the molecule is COc1cccc2[nH]c(C(=O)N3CC(C(C)(C)F)CC3C(=O)NC(C#N)CC3CCCC3=O)cc12. The maximum atomic E-state index is 14.9. The van der Waals surface area contributed by atoms with Gasteiger partial charge in [-0.2, -0.15) is 5.26 Å². The zero-order valence-electron chi connectivity index (χ0n) is 20.3. The minimum absolute atomic E-state index is 0.0747. The molecular formula is C26H31FN4O4. The van der Waals surface area contributed by atoms with Gasteiger partial charge in [0.05, 0.1) is 13.2 Å². The number of nitriles is 1. The fourth-order valence-electron chi connectivity index (χ4n) is 5.22. The summed E-state index contributed by atoms with van der Waals surface area (Å²) in [4.78, 5) is 43.3. The average molecular weight is 483 g/mol. The summed E-state index contributed by atoms with van der Waals surface area (Å²) < 4.78 is 20.3. The van der Waals surface area contributed by atoms with E-state index in [9.17, 15) is 24.0 Å². The van der Waals surface area contributed by atoms with Crippen molar-refractivity contribution in [1.29, 1.82) is 5.26 Å². The second-order valence-corrected chi connectivity index (χ2v) is 10.1. The highest BCUT2D eigenvalue weighted by Gasteiger charge is 2.46. The molecule has 1 aliphatic heterocycles. The molecule has 1 saturated carbocycles. The van der Waals surface area contributed by atoms with Gasteiger partial charge in [0.25, 0.3) is 5.91 Å². The van der Waals surface area contributed by atoms with Gasteiger partial charge in [-0.3, -0.25) is 14.4 Å². The molecule has 1 saturated heterocycles. The number of hydrogen-bond donors (Lipinski definition) is 2. The van der Waals surface area contributed by atoms with Crippen LogP contribution in [0.25, 0.3) is 10.9 Å². The zero-order chi connectivity index (χ0) is 25.3. The molecule has 186 valence electrons. The number of likely N-dealkylation sites (tertiary alicyclic amines) is 1. The molecule has 0 radical (unpaired) electrons. The van der Waals surface area contributed by atoms with Crippen LogP contribution in [-0.2, 0) is 9.59 Å². The molecule has 4 rings (SSSR count). The number of Topliss-reactive ketones (excluding diaryl/α,β-unsaturated/α-hetero) is 1. The Morgan fingerprint density at radius 1 is 1.40 bits per heavy atom. The van der Waals surface area contributed by atoms with Crippen molar-refractivity contribution in [2.24, 2.45) is 11.8 Å². The number of H-pyrrole nitrogens is 1. The van der Waals surface area contributed by atoms with Crippen molar-refractivity contribution in [2.45, 2.75) is 63.7 Å². The number of hydrogen-bond acceptors (Lipinski definition) is 5. The molecule has 2 fully saturated rings. The minimum atomic E-state index is -1.60. The van der Waals surface area contributed by atoms with Gasteiger partial charge in [-0.25, -0.2) is 4.39 Å². The van der Waals surface area contributed by atoms with Crippen LogP contribution in [0.15, 0.2) is 24.3 Å². The molecule has 2 heterocycles. The fraction of sp³-hybridized carbons (Fsp3) is 0.538. The molecule has 35 heavy (non-hydrogen) atoms. The number of nitrogens with zero attached hydrogens (tertiary/aromatic N) is 2. The van der Waals surface area contributed by atoms with Crippen LogP contribution in [0.2, 0.25) is 0 Å². The number of aromatic nitrogens is 1. The third-order valence-electron chi connectivity index (χ3n) is 7.33. The molecule has 2 aromatic rings. The lowest BCUT2D eigenvalue weighted by molar-refractivity contribution is -0.126. The number of carbonyl (C=O) groups excluding carboxylic acids is 3. The van der Waals surface area contributed by atoms with E-state index in [-0.39, 0.29) is 36.8 Å². The quantitative estimate of drug-likeness (QED) is 0.627. The monoisotopic (exact) mass is 482 g/mol. The van der Waals surface area contributed by atoms with Gasteiger partial charge in [0.2, 0.25) is 5.91 Å². The fourth-order valence-corrected chi connectivity index (χ4v) is 5.22. The van der Waals surface area contributed by atoms with Crippen molar-refractivity contribution in [3.63, 3.8) is 0 Å². The molecule has 1 aromatic carbocycles. The topological polar surface area (TPSA) is 115 Å². The number of carbonyl (C=O) groups is 3. The molecule has 0 bridgehead atoms. The minimum Gasteiger partial charge on any atom is -0.496 e. The number of methoxy groups -OCH3 is 1. The van der Waals surface area contributed by atoms with Gasteiger partial charge in [-0.05, 0) is 57.7 Å². The van der Waals surface area contributed by atoms with Crippen molar-refractivity contribution in [3.8, 4) is 11.8 Å². The van der Waals surface area contributed by atoms with Gasteiger partial charge in [0, 0.05) is 35.7 Å². The third-order valence-corrected chi connectivity index (χ3v) is 7.33. The van der Waals surface area contributed by atoms with Gasteiger partial charge < -0.3 is 19.9 Å². The molecule has 2 amide bonds. The van der Waals surface area contributed by atoms with Crippen LogP contribution in [0.1, 0.15) is 56.4 Å². The summed E-state index contributed by atoms with van der Waals surface area (Å²) in [7, 11) is 1.54. The zero-order valence-corrected chi connectivity index (χ0v) is 20.3. The van der Waals surface area contributed by atoms with Crippen LogP contribution in [0.5, 0.6) is 5.75 Å². The Balaban J connectivity index is 1.56. The number of ether oxygens (including phenoxy) is 1. The van der Waals surface area contributed by atoms with E-state index in [1.807, 2.05) is 6.07 Å². The molecule has 4 atom stereocenters.